The zero-order valence-corrected chi connectivity index (χ0v) is 30.4. The summed E-state index contributed by atoms with van der Waals surface area (Å²) in [5, 5.41) is 7.16. The minimum atomic E-state index is -0.874. The van der Waals surface area contributed by atoms with Crippen LogP contribution in [-0.4, -0.2) is 17.9 Å². The third-order valence-electron chi connectivity index (χ3n) is 8.30. The summed E-state index contributed by atoms with van der Waals surface area (Å²) in [6, 6.07) is 31.9. The molecule has 1 aliphatic rings. The lowest BCUT2D eigenvalue weighted by Crippen LogP contribution is -2.24. The zero-order chi connectivity index (χ0) is 32.2. The fraction of sp³-hybridized carbons (Fsp3) is 0.366. The summed E-state index contributed by atoms with van der Waals surface area (Å²) in [5.41, 5.74) is 7.42. The van der Waals surface area contributed by atoms with Crippen LogP contribution in [0.5, 0.6) is 11.5 Å². The molecule has 0 unspecified atom stereocenters. The van der Waals surface area contributed by atoms with Gasteiger partial charge in [0.1, 0.15) is 11.5 Å². The highest BCUT2D eigenvalue weighted by atomic mass is 31.1. The summed E-state index contributed by atoms with van der Waals surface area (Å²) in [4.78, 5) is 0. The normalized spacial score (nSPS) is 14.2. The van der Waals surface area contributed by atoms with Crippen LogP contribution in [0.3, 0.4) is 0 Å². The Kier molecular flexibility index (Phi) is 10.9. The lowest BCUT2D eigenvalue weighted by Gasteiger charge is -2.32. The van der Waals surface area contributed by atoms with Crippen LogP contribution in [0.15, 0.2) is 95.8 Å². The van der Waals surface area contributed by atoms with Crippen molar-refractivity contribution < 1.29 is 9.47 Å². The van der Waals surface area contributed by atoms with Crippen LogP contribution in [0.2, 0.25) is 0 Å². The average Bonchev–Trinajstić information content (AvgIpc) is 3.43. The first kappa shape index (κ1) is 33.4. The molecule has 1 aliphatic carbocycles. The van der Waals surface area contributed by atoms with E-state index in [0.717, 1.165) is 24.3 Å². The second-order valence-electron chi connectivity index (χ2n) is 13.2. The van der Waals surface area contributed by atoms with E-state index in [0.29, 0.717) is 5.66 Å². The predicted octanol–water partition coefficient (Wildman–Crippen LogP) is 9.89. The summed E-state index contributed by atoms with van der Waals surface area (Å²) in [7, 11) is -1.50. The first-order chi connectivity index (χ1) is 21.5. The Bertz CT molecular complexity index is 1520. The van der Waals surface area contributed by atoms with E-state index in [1.54, 1.807) is 10.9 Å². The Morgan fingerprint density at radius 2 is 0.978 bits per heavy atom. The van der Waals surface area contributed by atoms with E-state index in [4.69, 9.17) is 9.47 Å². The summed E-state index contributed by atoms with van der Waals surface area (Å²) in [6.07, 6.45) is 3.65. The van der Waals surface area contributed by atoms with Crippen molar-refractivity contribution in [3.8, 4) is 11.5 Å². The van der Waals surface area contributed by atoms with Gasteiger partial charge < -0.3 is 9.47 Å². The van der Waals surface area contributed by atoms with E-state index in [1.165, 1.54) is 49.9 Å². The van der Waals surface area contributed by atoms with Gasteiger partial charge in [0.05, 0.1) is 12.2 Å². The van der Waals surface area contributed by atoms with Crippen molar-refractivity contribution >= 4 is 37.1 Å². The highest BCUT2D eigenvalue weighted by Crippen LogP contribution is 2.58. The van der Waals surface area contributed by atoms with Crippen LogP contribution < -0.4 is 30.7 Å². The SMILES string of the molecule is Cc1cc(C)cc(P(c2cc(C)cc(C)c2)[C@H](C)C2=C(P(c3ccccc3OC(C)C)c3ccccc3OC(C)C)CCC2)c1. The maximum absolute atomic E-state index is 6.52. The van der Waals surface area contributed by atoms with Gasteiger partial charge >= 0.3 is 0 Å². The van der Waals surface area contributed by atoms with E-state index in [9.17, 15) is 0 Å². The Morgan fingerprint density at radius 1 is 0.556 bits per heavy atom. The van der Waals surface area contributed by atoms with Crippen molar-refractivity contribution in [2.75, 3.05) is 0 Å². The van der Waals surface area contributed by atoms with Gasteiger partial charge in [-0.1, -0.05) is 108 Å². The molecule has 45 heavy (non-hydrogen) atoms. The molecule has 0 N–H and O–H groups in total. The molecule has 0 bridgehead atoms. The van der Waals surface area contributed by atoms with E-state index in [2.05, 4.69) is 147 Å². The standard InChI is InChI=1S/C41H50O2P2/c1-27(2)42-37-16-10-12-18-40(37)45(41-19-13-11-17-38(41)43-28(3)4)39-20-14-15-36(39)33(9)44(34-23-29(5)21-30(6)24-34)35-25-31(7)22-32(8)26-35/h10-13,16-19,21-28,33H,14-15,20H2,1-9H3/t33-/m1/s1. The van der Waals surface area contributed by atoms with Gasteiger partial charge in [0.15, 0.2) is 0 Å². The maximum Gasteiger partial charge on any atom is 0.127 e. The Labute approximate surface area is 274 Å². The first-order valence-electron chi connectivity index (χ1n) is 16.5. The number of aryl methyl sites for hydroxylation is 4. The van der Waals surface area contributed by atoms with Crippen LogP contribution in [0.4, 0.5) is 0 Å². The molecule has 0 heterocycles. The smallest absolute Gasteiger partial charge is 0.127 e. The number of rotatable bonds is 11. The van der Waals surface area contributed by atoms with Gasteiger partial charge in [-0.15, -0.1) is 0 Å². The van der Waals surface area contributed by atoms with Crippen LogP contribution >= 0.6 is 15.8 Å². The third kappa shape index (κ3) is 7.91. The van der Waals surface area contributed by atoms with Crippen LogP contribution in [0.25, 0.3) is 0 Å². The Balaban J connectivity index is 1.75. The van der Waals surface area contributed by atoms with Gasteiger partial charge in [0.2, 0.25) is 0 Å². The molecule has 0 aromatic heterocycles. The zero-order valence-electron chi connectivity index (χ0n) is 28.6. The molecule has 4 aromatic rings. The lowest BCUT2D eigenvalue weighted by molar-refractivity contribution is 0.244. The average molecular weight is 637 g/mol. The van der Waals surface area contributed by atoms with Crippen molar-refractivity contribution in [2.45, 2.75) is 99.4 Å². The first-order valence-corrected chi connectivity index (χ1v) is 19.3. The fourth-order valence-electron chi connectivity index (χ4n) is 6.80. The Morgan fingerprint density at radius 3 is 1.40 bits per heavy atom. The van der Waals surface area contributed by atoms with Gasteiger partial charge in [-0.05, 0) is 119 Å². The number of hydrogen-bond acceptors (Lipinski definition) is 2. The van der Waals surface area contributed by atoms with Crippen molar-refractivity contribution in [1.29, 1.82) is 0 Å². The number of benzene rings is 4. The molecule has 2 nitrogen and oxygen atoms in total. The minimum absolute atomic E-state index is 0.100. The molecule has 4 aromatic carbocycles. The number of para-hydroxylation sites is 2. The molecule has 0 amide bonds. The molecule has 0 fully saturated rings. The molecular formula is C41H50O2P2. The van der Waals surface area contributed by atoms with Crippen molar-refractivity contribution in [3.63, 3.8) is 0 Å². The highest BCUT2D eigenvalue weighted by Gasteiger charge is 2.35. The van der Waals surface area contributed by atoms with Crippen molar-refractivity contribution in [2.24, 2.45) is 0 Å². The van der Waals surface area contributed by atoms with Gasteiger partial charge in [0, 0.05) is 16.3 Å². The number of hydrogen-bond donors (Lipinski definition) is 0. The van der Waals surface area contributed by atoms with E-state index < -0.39 is 15.8 Å². The second-order valence-corrected chi connectivity index (χ2v) is 17.9. The minimum Gasteiger partial charge on any atom is -0.490 e. The van der Waals surface area contributed by atoms with Crippen molar-refractivity contribution in [1.82, 2.24) is 0 Å². The van der Waals surface area contributed by atoms with Gasteiger partial charge in [-0.3, -0.25) is 0 Å². The molecule has 0 spiro atoms. The molecule has 0 radical (unpaired) electrons. The number of ether oxygens (including phenoxy) is 2. The largest absolute Gasteiger partial charge is 0.490 e. The maximum atomic E-state index is 6.52. The second kappa shape index (κ2) is 14.7. The van der Waals surface area contributed by atoms with E-state index >= 15 is 0 Å². The van der Waals surface area contributed by atoms with Gasteiger partial charge in [-0.2, -0.15) is 0 Å². The third-order valence-corrected chi connectivity index (χ3v) is 13.8. The molecule has 0 saturated carbocycles. The van der Waals surface area contributed by atoms with Crippen LogP contribution in [0, 0.1) is 27.7 Å². The monoisotopic (exact) mass is 636 g/mol. The quantitative estimate of drug-likeness (QED) is 0.153. The molecule has 0 aliphatic heterocycles. The van der Waals surface area contributed by atoms with Crippen LogP contribution in [-0.2, 0) is 0 Å². The fourth-order valence-corrected chi connectivity index (χ4v) is 13.0. The lowest BCUT2D eigenvalue weighted by atomic mass is 10.1. The van der Waals surface area contributed by atoms with Crippen LogP contribution in [0.1, 0.15) is 76.1 Å². The number of allylic oxidation sites excluding steroid dienone is 2. The van der Waals surface area contributed by atoms with Crippen molar-refractivity contribution in [3.05, 3.63) is 118 Å². The molecule has 236 valence electrons. The molecular weight excluding hydrogens is 586 g/mol. The molecule has 0 saturated heterocycles. The Hall–Kier alpha value is -2.92. The summed E-state index contributed by atoms with van der Waals surface area (Å²) < 4.78 is 13.0. The van der Waals surface area contributed by atoms with Gasteiger partial charge in [-0.25, -0.2) is 0 Å². The highest BCUT2D eigenvalue weighted by molar-refractivity contribution is 7.77. The van der Waals surface area contributed by atoms with Gasteiger partial charge in [0.25, 0.3) is 0 Å². The topological polar surface area (TPSA) is 18.5 Å². The molecule has 4 heteroatoms. The molecule has 1 atom stereocenters. The summed E-state index contributed by atoms with van der Waals surface area (Å²) in [5.74, 6) is 1.99. The molecule has 5 rings (SSSR count). The van der Waals surface area contributed by atoms with E-state index in [1.807, 2.05) is 0 Å². The summed E-state index contributed by atoms with van der Waals surface area (Å²) in [6.45, 7) is 20.0. The summed E-state index contributed by atoms with van der Waals surface area (Å²) >= 11 is 0. The predicted molar refractivity (Wildman–Crippen MR) is 199 cm³/mol. The van der Waals surface area contributed by atoms with E-state index in [-0.39, 0.29) is 12.2 Å².